The molecule has 0 bridgehead atoms. The second kappa shape index (κ2) is 9.91. The van der Waals surface area contributed by atoms with Crippen LogP contribution in [0.25, 0.3) is 0 Å². The van der Waals surface area contributed by atoms with Gasteiger partial charge >= 0.3 is 6.09 Å². The number of amides is 2. The molecule has 1 aromatic carbocycles. The van der Waals surface area contributed by atoms with Crippen molar-refractivity contribution in [3.63, 3.8) is 0 Å². The molecular formula is C26H34FN5O4. The molecule has 9 nitrogen and oxygen atoms in total. The molecule has 1 saturated carbocycles. The van der Waals surface area contributed by atoms with Crippen LogP contribution in [0.2, 0.25) is 0 Å². The normalized spacial score (nSPS) is 20.7. The Morgan fingerprint density at radius 2 is 1.92 bits per heavy atom. The van der Waals surface area contributed by atoms with Gasteiger partial charge in [0, 0.05) is 43.6 Å². The monoisotopic (exact) mass is 499 g/mol. The van der Waals surface area contributed by atoms with Gasteiger partial charge < -0.3 is 24.6 Å². The van der Waals surface area contributed by atoms with Crippen LogP contribution in [0.1, 0.15) is 51.9 Å². The Bertz CT molecular complexity index is 1120. The number of hydrogen-bond acceptors (Lipinski definition) is 7. The fourth-order valence-corrected chi connectivity index (χ4v) is 4.65. The van der Waals surface area contributed by atoms with Crippen LogP contribution in [0.4, 0.5) is 15.0 Å². The number of hydrogen-bond donors (Lipinski definition) is 1. The third-order valence-corrected chi connectivity index (χ3v) is 6.44. The van der Waals surface area contributed by atoms with Gasteiger partial charge in [-0.15, -0.1) is 0 Å². The Kier molecular flexibility index (Phi) is 7.06. The Balaban J connectivity index is 1.46. The molecule has 1 aliphatic carbocycles. The first-order valence-corrected chi connectivity index (χ1v) is 12.3. The van der Waals surface area contributed by atoms with Gasteiger partial charge in [0.2, 0.25) is 0 Å². The number of benzene rings is 1. The number of nitrogens with zero attached hydrogens (tertiary/aromatic N) is 4. The van der Waals surface area contributed by atoms with Gasteiger partial charge in [-0.2, -0.15) is 0 Å². The maximum Gasteiger partial charge on any atom is 0.410 e. The SMILES string of the molecule is CCN(C(=O)c1cc(F)ccc1Oc1cncnc1N[C@H]1[C@@H]2CN(C(=O)OC(C)(C)C)C[C@@H]21)C(C)C. The summed E-state index contributed by atoms with van der Waals surface area (Å²) in [7, 11) is 0. The molecule has 2 heterocycles. The molecule has 3 atom stereocenters. The largest absolute Gasteiger partial charge is 0.451 e. The minimum absolute atomic E-state index is 0.0505. The summed E-state index contributed by atoms with van der Waals surface area (Å²) in [5, 5.41) is 3.40. The average molecular weight is 500 g/mol. The van der Waals surface area contributed by atoms with E-state index in [9.17, 15) is 14.0 Å². The van der Waals surface area contributed by atoms with Gasteiger partial charge in [-0.1, -0.05) is 0 Å². The van der Waals surface area contributed by atoms with Gasteiger partial charge in [-0.25, -0.2) is 19.2 Å². The van der Waals surface area contributed by atoms with Crippen molar-refractivity contribution in [2.45, 2.75) is 59.2 Å². The molecule has 0 unspecified atom stereocenters. The predicted octanol–water partition coefficient (Wildman–Crippen LogP) is 4.56. The smallest absolute Gasteiger partial charge is 0.410 e. The molecule has 0 spiro atoms. The second-order valence-corrected chi connectivity index (χ2v) is 10.5. The number of halogens is 1. The molecule has 2 amide bonds. The van der Waals surface area contributed by atoms with Crippen LogP contribution in [0.5, 0.6) is 11.5 Å². The number of piperidine rings is 1. The fraction of sp³-hybridized carbons (Fsp3) is 0.538. The molecule has 4 rings (SSSR count). The molecule has 2 aromatic rings. The summed E-state index contributed by atoms with van der Waals surface area (Å²) in [6.45, 7) is 13.0. The highest BCUT2D eigenvalue weighted by atomic mass is 19.1. The lowest BCUT2D eigenvalue weighted by molar-refractivity contribution is 0.0272. The van der Waals surface area contributed by atoms with E-state index < -0.39 is 11.4 Å². The van der Waals surface area contributed by atoms with Crippen LogP contribution >= 0.6 is 0 Å². The van der Waals surface area contributed by atoms with Crippen molar-refractivity contribution in [3.05, 3.63) is 42.1 Å². The van der Waals surface area contributed by atoms with Gasteiger partial charge in [0.05, 0.1) is 11.8 Å². The molecule has 0 radical (unpaired) electrons. The lowest BCUT2D eigenvalue weighted by Gasteiger charge is -2.26. The van der Waals surface area contributed by atoms with Crippen molar-refractivity contribution < 1.29 is 23.5 Å². The van der Waals surface area contributed by atoms with Gasteiger partial charge in [0.25, 0.3) is 5.91 Å². The number of carbonyl (C=O) groups is 2. The summed E-state index contributed by atoms with van der Waals surface area (Å²) in [5.74, 6) is 0.776. The van der Waals surface area contributed by atoms with Crippen LogP contribution in [0, 0.1) is 17.7 Å². The van der Waals surface area contributed by atoms with E-state index in [1.54, 1.807) is 9.80 Å². The summed E-state index contributed by atoms with van der Waals surface area (Å²) in [4.78, 5) is 37.3. The molecule has 1 saturated heterocycles. The Morgan fingerprint density at radius 3 is 2.53 bits per heavy atom. The molecule has 2 aliphatic rings. The van der Waals surface area contributed by atoms with Crippen LogP contribution in [-0.2, 0) is 4.74 Å². The topological polar surface area (TPSA) is 96.9 Å². The molecule has 1 N–H and O–H groups in total. The van der Waals surface area contributed by atoms with Crippen LogP contribution in [0.15, 0.2) is 30.7 Å². The molecule has 10 heteroatoms. The minimum atomic E-state index is -0.529. The second-order valence-electron chi connectivity index (χ2n) is 10.5. The molecule has 1 aromatic heterocycles. The first kappa shape index (κ1) is 25.7. The number of rotatable bonds is 7. The van der Waals surface area contributed by atoms with Crippen molar-refractivity contribution in [2.75, 3.05) is 25.0 Å². The van der Waals surface area contributed by atoms with E-state index in [-0.39, 0.29) is 47.2 Å². The van der Waals surface area contributed by atoms with E-state index in [0.717, 1.165) is 0 Å². The average Bonchev–Trinajstić information content (AvgIpc) is 3.22. The first-order valence-electron chi connectivity index (χ1n) is 12.3. The summed E-state index contributed by atoms with van der Waals surface area (Å²) >= 11 is 0. The third-order valence-electron chi connectivity index (χ3n) is 6.44. The minimum Gasteiger partial charge on any atom is -0.451 e. The number of ether oxygens (including phenoxy) is 2. The molecule has 36 heavy (non-hydrogen) atoms. The predicted molar refractivity (Wildman–Crippen MR) is 133 cm³/mol. The van der Waals surface area contributed by atoms with E-state index >= 15 is 0 Å². The third kappa shape index (κ3) is 5.52. The highest BCUT2D eigenvalue weighted by molar-refractivity contribution is 5.97. The summed E-state index contributed by atoms with van der Waals surface area (Å²) in [5.41, 5.74) is -0.393. The van der Waals surface area contributed by atoms with Crippen LogP contribution in [-0.4, -0.2) is 69.1 Å². The van der Waals surface area contributed by atoms with Crippen LogP contribution in [0.3, 0.4) is 0 Å². The number of nitrogens with one attached hydrogen (secondary N) is 1. The van der Waals surface area contributed by atoms with E-state index in [2.05, 4.69) is 15.3 Å². The zero-order chi connectivity index (χ0) is 26.2. The quantitative estimate of drug-likeness (QED) is 0.597. The summed E-state index contributed by atoms with van der Waals surface area (Å²) in [6.07, 6.45) is 2.63. The maximum absolute atomic E-state index is 14.1. The molecule has 194 valence electrons. The van der Waals surface area contributed by atoms with Crippen molar-refractivity contribution in [3.8, 4) is 11.5 Å². The number of carbonyl (C=O) groups excluding carboxylic acids is 2. The molecular weight excluding hydrogens is 465 g/mol. The van der Waals surface area contributed by atoms with Crippen molar-refractivity contribution in [2.24, 2.45) is 11.8 Å². The van der Waals surface area contributed by atoms with Gasteiger partial charge in [-0.3, -0.25) is 4.79 Å². The fourth-order valence-electron chi connectivity index (χ4n) is 4.65. The van der Waals surface area contributed by atoms with Crippen LogP contribution < -0.4 is 10.1 Å². The van der Waals surface area contributed by atoms with Crippen molar-refractivity contribution in [1.29, 1.82) is 0 Å². The van der Waals surface area contributed by atoms with E-state index in [4.69, 9.17) is 9.47 Å². The van der Waals surface area contributed by atoms with Gasteiger partial charge in [0.15, 0.2) is 11.6 Å². The number of fused-ring (bicyclic) bond motifs is 1. The highest BCUT2D eigenvalue weighted by Crippen LogP contribution is 2.48. The standard InChI is InChI=1S/C26H34FN5O4/c1-7-32(15(2)3)24(33)17-10-16(27)8-9-20(17)35-21-11-28-14-29-23(21)30-22-18-12-31(13-19(18)22)25(34)36-26(4,5)6/h8-11,14-15,18-19,22H,7,12-13H2,1-6H3,(H,28,29,30)/t18-,19+,22+. The number of likely N-dealkylation sites (tertiary alicyclic amines) is 1. The van der Waals surface area contributed by atoms with Gasteiger partial charge in [-0.05, 0) is 59.7 Å². The van der Waals surface area contributed by atoms with Gasteiger partial charge in [0.1, 0.15) is 23.5 Å². The summed E-state index contributed by atoms with van der Waals surface area (Å²) in [6, 6.07) is 3.97. The lowest BCUT2D eigenvalue weighted by Crippen LogP contribution is -2.38. The first-order chi connectivity index (χ1) is 17.0. The Labute approximate surface area is 211 Å². The van der Waals surface area contributed by atoms with E-state index in [1.165, 1.54) is 30.7 Å². The maximum atomic E-state index is 14.1. The zero-order valence-electron chi connectivity index (χ0n) is 21.6. The Hall–Kier alpha value is -3.43. The number of aromatic nitrogens is 2. The van der Waals surface area contributed by atoms with Crippen molar-refractivity contribution in [1.82, 2.24) is 19.8 Å². The molecule has 2 fully saturated rings. The van der Waals surface area contributed by atoms with E-state index in [1.807, 2.05) is 41.5 Å². The zero-order valence-corrected chi connectivity index (χ0v) is 21.6. The molecule has 1 aliphatic heterocycles. The number of anilines is 1. The lowest BCUT2D eigenvalue weighted by atomic mass is 10.1. The Morgan fingerprint density at radius 1 is 1.22 bits per heavy atom. The highest BCUT2D eigenvalue weighted by Gasteiger charge is 2.57. The van der Waals surface area contributed by atoms with Crippen molar-refractivity contribution >= 4 is 17.8 Å². The van der Waals surface area contributed by atoms with E-state index in [0.29, 0.717) is 31.2 Å². The summed E-state index contributed by atoms with van der Waals surface area (Å²) < 4.78 is 25.6.